The van der Waals surface area contributed by atoms with Gasteiger partial charge >= 0.3 is 0 Å². The quantitative estimate of drug-likeness (QED) is 0.887. The summed E-state index contributed by atoms with van der Waals surface area (Å²) in [5.74, 6) is 3.53. The second kappa shape index (κ2) is 6.54. The molecule has 0 saturated heterocycles. The maximum atomic E-state index is 5.72. The summed E-state index contributed by atoms with van der Waals surface area (Å²) in [6.45, 7) is 1.92. The van der Waals surface area contributed by atoms with E-state index in [1.807, 2.05) is 38.2 Å². The second-order valence-electron chi connectivity index (χ2n) is 4.63. The monoisotopic (exact) mass is 291 g/mol. The molecule has 1 aromatic heterocycles. The molecule has 0 bridgehead atoms. The summed E-state index contributed by atoms with van der Waals surface area (Å²) in [4.78, 5) is 0. The van der Waals surface area contributed by atoms with Gasteiger partial charge in [0.1, 0.15) is 11.5 Å². The van der Waals surface area contributed by atoms with Crippen molar-refractivity contribution in [1.82, 2.24) is 5.32 Å². The van der Waals surface area contributed by atoms with Crippen molar-refractivity contribution in [2.75, 3.05) is 28.4 Å². The third-order valence-electron chi connectivity index (χ3n) is 3.35. The first kappa shape index (κ1) is 15.3. The van der Waals surface area contributed by atoms with Crippen LogP contribution in [-0.4, -0.2) is 28.4 Å². The fourth-order valence-electron chi connectivity index (χ4n) is 2.35. The van der Waals surface area contributed by atoms with Gasteiger partial charge in [0, 0.05) is 0 Å². The molecule has 0 fully saturated rings. The molecule has 0 radical (unpaired) electrons. The Morgan fingerprint density at radius 3 is 2.00 bits per heavy atom. The first-order valence-electron chi connectivity index (χ1n) is 6.68. The van der Waals surface area contributed by atoms with Crippen molar-refractivity contribution in [2.45, 2.75) is 13.0 Å². The van der Waals surface area contributed by atoms with Gasteiger partial charge in [-0.05, 0) is 43.8 Å². The Hall–Kier alpha value is -2.14. The van der Waals surface area contributed by atoms with Crippen LogP contribution in [0.5, 0.6) is 17.2 Å². The second-order valence-corrected chi connectivity index (χ2v) is 4.63. The number of hydrogen-bond acceptors (Lipinski definition) is 5. The summed E-state index contributed by atoms with van der Waals surface area (Å²) in [5.41, 5.74) is 0.973. The molecule has 1 aromatic carbocycles. The van der Waals surface area contributed by atoms with Crippen LogP contribution in [0.15, 0.2) is 28.7 Å². The van der Waals surface area contributed by atoms with Gasteiger partial charge in [0.2, 0.25) is 5.75 Å². The molecule has 0 aliphatic heterocycles. The van der Waals surface area contributed by atoms with E-state index in [9.17, 15) is 0 Å². The van der Waals surface area contributed by atoms with E-state index < -0.39 is 0 Å². The van der Waals surface area contributed by atoms with Crippen molar-refractivity contribution in [3.05, 3.63) is 41.3 Å². The predicted octanol–water partition coefficient (Wildman–Crippen LogP) is 2.92. The molecule has 0 amide bonds. The third kappa shape index (κ3) is 2.97. The SMILES string of the molecule is CNC(c1cc(OC)c(OC)c(OC)c1)c1ccc(C)o1. The third-order valence-corrected chi connectivity index (χ3v) is 3.35. The molecule has 0 spiro atoms. The van der Waals surface area contributed by atoms with E-state index >= 15 is 0 Å². The molecule has 0 aliphatic rings. The first-order chi connectivity index (χ1) is 10.1. The van der Waals surface area contributed by atoms with Gasteiger partial charge in [-0.1, -0.05) is 0 Å². The molecular formula is C16H21NO4. The largest absolute Gasteiger partial charge is 0.493 e. The van der Waals surface area contributed by atoms with Crippen LogP contribution in [0, 0.1) is 6.92 Å². The fourth-order valence-corrected chi connectivity index (χ4v) is 2.35. The first-order valence-corrected chi connectivity index (χ1v) is 6.68. The van der Waals surface area contributed by atoms with E-state index in [1.54, 1.807) is 21.3 Å². The minimum atomic E-state index is -0.0904. The van der Waals surface area contributed by atoms with Crippen molar-refractivity contribution >= 4 is 0 Å². The average Bonchev–Trinajstić information content (AvgIpc) is 2.93. The van der Waals surface area contributed by atoms with Crippen LogP contribution >= 0.6 is 0 Å². The van der Waals surface area contributed by atoms with E-state index in [0.29, 0.717) is 17.2 Å². The summed E-state index contributed by atoms with van der Waals surface area (Å²) in [5, 5.41) is 3.24. The maximum Gasteiger partial charge on any atom is 0.203 e. The van der Waals surface area contributed by atoms with Crippen LogP contribution in [-0.2, 0) is 0 Å². The Morgan fingerprint density at radius 2 is 1.62 bits per heavy atom. The van der Waals surface area contributed by atoms with E-state index in [0.717, 1.165) is 17.1 Å². The Morgan fingerprint density at radius 1 is 1.00 bits per heavy atom. The van der Waals surface area contributed by atoms with Gasteiger partial charge in [0.15, 0.2) is 11.5 Å². The Balaban J connectivity index is 2.51. The number of hydrogen-bond donors (Lipinski definition) is 1. The fraction of sp³-hybridized carbons (Fsp3) is 0.375. The highest BCUT2D eigenvalue weighted by Crippen LogP contribution is 2.40. The van der Waals surface area contributed by atoms with E-state index in [1.165, 1.54) is 0 Å². The Kier molecular flexibility index (Phi) is 4.75. The van der Waals surface area contributed by atoms with Gasteiger partial charge in [-0.2, -0.15) is 0 Å². The molecule has 0 aliphatic carbocycles. The summed E-state index contributed by atoms with van der Waals surface area (Å²) in [7, 11) is 6.68. The zero-order chi connectivity index (χ0) is 15.4. The van der Waals surface area contributed by atoms with Crippen molar-refractivity contribution in [1.29, 1.82) is 0 Å². The number of methoxy groups -OCH3 is 3. The minimum absolute atomic E-state index is 0.0904. The summed E-state index contributed by atoms with van der Waals surface area (Å²) >= 11 is 0. The number of nitrogens with one attached hydrogen (secondary N) is 1. The number of ether oxygens (including phenoxy) is 3. The average molecular weight is 291 g/mol. The van der Waals surface area contributed by atoms with E-state index in [-0.39, 0.29) is 6.04 Å². The Labute approximate surface area is 124 Å². The molecule has 1 heterocycles. The van der Waals surface area contributed by atoms with Gasteiger partial charge in [-0.15, -0.1) is 0 Å². The van der Waals surface area contributed by atoms with E-state index in [2.05, 4.69) is 5.32 Å². The lowest BCUT2D eigenvalue weighted by Crippen LogP contribution is -2.17. The van der Waals surface area contributed by atoms with Crippen LogP contribution in [0.2, 0.25) is 0 Å². The maximum absolute atomic E-state index is 5.72. The molecule has 1 N–H and O–H groups in total. The van der Waals surface area contributed by atoms with Crippen LogP contribution in [0.25, 0.3) is 0 Å². The van der Waals surface area contributed by atoms with Crippen LogP contribution in [0.1, 0.15) is 23.1 Å². The van der Waals surface area contributed by atoms with Crippen molar-refractivity contribution in [3.63, 3.8) is 0 Å². The van der Waals surface area contributed by atoms with Gasteiger partial charge in [0.05, 0.1) is 27.4 Å². The van der Waals surface area contributed by atoms with Crippen molar-refractivity contribution in [2.24, 2.45) is 0 Å². The number of benzene rings is 1. The van der Waals surface area contributed by atoms with Crippen LogP contribution in [0.4, 0.5) is 0 Å². The van der Waals surface area contributed by atoms with Crippen molar-refractivity contribution in [3.8, 4) is 17.2 Å². The smallest absolute Gasteiger partial charge is 0.203 e. The molecule has 0 saturated carbocycles. The van der Waals surface area contributed by atoms with Gasteiger partial charge in [-0.3, -0.25) is 0 Å². The molecule has 2 aromatic rings. The minimum Gasteiger partial charge on any atom is -0.493 e. The molecule has 114 valence electrons. The summed E-state index contributed by atoms with van der Waals surface area (Å²) in [6.07, 6.45) is 0. The highest BCUT2D eigenvalue weighted by atomic mass is 16.5. The van der Waals surface area contributed by atoms with Gasteiger partial charge in [-0.25, -0.2) is 0 Å². The summed E-state index contributed by atoms with van der Waals surface area (Å²) in [6, 6.07) is 7.64. The standard InChI is InChI=1S/C16H21NO4/c1-10-6-7-12(21-10)15(17-2)11-8-13(18-3)16(20-5)14(9-11)19-4/h6-9,15,17H,1-5H3. The topological polar surface area (TPSA) is 52.9 Å². The zero-order valence-electron chi connectivity index (χ0n) is 13.0. The lowest BCUT2D eigenvalue weighted by molar-refractivity contribution is 0.323. The number of rotatable bonds is 6. The molecular weight excluding hydrogens is 270 g/mol. The van der Waals surface area contributed by atoms with Crippen molar-refractivity contribution < 1.29 is 18.6 Å². The zero-order valence-corrected chi connectivity index (χ0v) is 13.0. The van der Waals surface area contributed by atoms with Crippen LogP contribution < -0.4 is 19.5 Å². The lowest BCUT2D eigenvalue weighted by Gasteiger charge is -2.19. The molecule has 2 rings (SSSR count). The molecule has 5 nitrogen and oxygen atoms in total. The molecule has 5 heteroatoms. The molecule has 1 atom stereocenters. The highest BCUT2D eigenvalue weighted by Gasteiger charge is 2.21. The molecule has 1 unspecified atom stereocenters. The lowest BCUT2D eigenvalue weighted by atomic mass is 10.0. The number of furan rings is 1. The Bertz CT molecular complexity index is 581. The molecule has 21 heavy (non-hydrogen) atoms. The van der Waals surface area contributed by atoms with E-state index in [4.69, 9.17) is 18.6 Å². The van der Waals surface area contributed by atoms with Gasteiger partial charge in [0.25, 0.3) is 0 Å². The highest BCUT2D eigenvalue weighted by molar-refractivity contribution is 5.55. The normalized spacial score (nSPS) is 12.0. The number of aryl methyl sites for hydroxylation is 1. The predicted molar refractivity (Wildman–Crippen MR) is 80.4 cm³/mol. The summed E-state index contributed by atoms with van der Waals surface area (Å²) < 4.78 is 21.8. The van der Waals surface area contributed by atoms with Gasteiger partial charge < -0.3 is 23.9 Å². The van der Waals surface area contributed by atoms with Crippen LogP contribution in [0.3, 0.4) is 0 Å².